The van der Waals surface area contributed by atoms with Gasteiger partial charge in [-0.15, -0.1) is 0 Å². The predicted octanol–water partition coefficient (Wildman–Crippen LogP) is 1.88. The molecule has 3 heteroatoms. The zero-order chi connectivity index (χ0) is 13.0. The largest absolute Gasteiger partial charge is 0.389 e. The lowest BCUT2D eigenvalue weighted by molar-refractivity contribution is 0.0145. The Morgan fingerprint density at radius 3 is 2.28 bits per heavy atom. The highest BCUT2D eigenvalue weighted by atomic mass is 16.3. The van der Waals surface area contributed by atoms with E-state index in [0.717, 1.165) is 44.3 Å². The van der Waals surface area contributed by atoms with E-state index >= 15 is 0 Å². The molecule has 0 saturated heterocycles. The molecule has 1 saturated carbocycles. The standard InChI is InChI=1S/C15H24N2O/c1-17(12-15(18)8-2-3-9-15)11-14-6-4-13(10-16)5-7-14/h4-7,18H,2-3,8-12,16H2,1H3. The molecule has 0 bridgehead atoms. The summed E-state index contributed by atoms with van der Waals surface area (Å²) in [4.78, 5) is 2.21. The second-order valence-corrected chi connectivity index (χ2v) is 5.62. The third kappa shape index (κ3) is 3.55. The molecular formula is C15H24N2O. The van der Waals surface area contributed by atoms with Gasteiger partial charge in [-0.25, -0.2) is 0 Å². The van der Waals surface area contributed by atoms with Gasteiger partial charge < -0.3 is 10.8 Å². The Kier molecular flexibility index (Phi) is 4.38. The van der Waals surface area contributed by atoms with Gasteiger partial charge in [0.2, 0.25) is 0 Å². The van der Waals surface area contributed by atoms with Crippen LogP contribution >= 0.6 is 0 Å². The minimum absolute atomic E-state index is 0.452. The minimum Gasteiger partial charge on any atom is -0.389 e. The fourth-order valence-electron chi connectivity index (χ4n) is 2.84. The van der Waals surface area contributed by atoms with Crippen molar-refractivity contribution in [2.45, 2.75) is 44.4 Å². The lowest BCUT2D eigenvalue weighted by atomic mass is 10.0. The normalized spacial score (nSPS) is 18.4. The van der Waals surface area contributed by atoms with Crippen LogP contribution in [0, 0.1) is 0 Å². The fraction of sp³-hybridized carbons (Fsp3) is 0.600. The molecule has 1 aliphatic rings. The molecule has 1 aromatic rings. The molecular weight excluding hydrogens is 224 g/mol. The molecule has 0 atom stereocenters. The lowest BCUT2D eigenvalue weighted by Gasteiger charge is -2.28. The van der Waals surface area contributed by atoms with E-state index in [0.29, 0.717) is 6.54 Å². The van der Waals surface area contributed by atoms with Crippen molar-refractivity contribution >= 4 is 0 Å². The van der Waals surface area contributed by atoms with Crippen LogP contribution in [0.4, 0.5) is 0 Å². The number of rotatable bonds is 5. The minimum atomic E-state index is -0.452. The topological polar surface area (TPSA) is 49.5 Å². The van der Waals surface area contributed by atoms with Crippen molar-refractivity contribution in [3.05, 3.63) is 35.4 Å². The van der Waals surface area contributed by atoms with Crippen molar-refractivity contribution in [3.63, 3.8) is 0 Å². The maximum Gasteiger partial charge on any atom is 0.0774 e. The molecule has 0 radical (unpaired) electrons. The number of aliphatic hydroxyl groups is 1. The molecule has 0 aromatic heterocycles. The Labute approximate surface area is 110 Å². The highest BCUT2D eigenvalue weighted by Crippen LogP contribution is 2.30. The zero-order valence-corrected chi connectivity index (χ0v) is 11.2. The average Bonchev–Trinajstić information content (AvgIpc) is 2.76. The molecule has 100 valence electrons. The second-order valence-electron chi connectivity index (χ2n) is 5.62. The first kappa shape index (κ1) is 13.5. The second kappa shape index (κ2) is 5.83. The summed E-state index contributed by atoms with van der Waals surface area (Å²) in [5.41, 5.74) is 7.57. The zero-order valence-electron chi connectivity index (χ0n) is 11.2. The van der Waals surface area contributed by atoms with Crippen LogP contribution in [0.5, 0.6) is 0 Å². The fourth-order valence-corrected chi connectivity index (χ4v) is 2.84. The number of nitrogens with zero attached hydrogens (tertiary/aromatic N) is 1. The molecule has 0 unspecified atom stereocenters. The number of benzene rings is 1. The van der Waals surface area contributed by atoms with Gasteiger partial charge >= 0.3 is 0 Å². The van der Waals surface area contributed by atoms with Gasteiger partial charge in [-0.2, -0.15) is 0 Å². The number of likely N-dealkylation sites (N-methyl/N-ethyl adjacent to an activating group) is 1. The van der Waals surface area contributed by atoms with Crippen LogP contribution in [0.2, 0.25) is 0 Å². The van der Waals surface area contributed by atoms with E-state index in [1.807, 2.05) is 0 Å². The van der Waals surface area contributed by atoms with Gasteiger partial charge in [0.15, 0.2) is 0 Å². The Bertz CT molecular complexity index is 369. The van der Waals surface area contributed by atoms with Crippen LogP contribution < -0.4 is 5.73 Å². The Hall–Kier alpha value is -0.900. The summed E-state index contributed by atoms with van der Waals surface area (Å²) in [6, 6.07) is 8.40. The molecule has 2 rings (SSSR count). The molecule has 0 heterocycles. The molecule has 0 spiro atoms. The van der Waals surface area contributed by atoms with Gasteiger partial charge in [-0.05, 0) is 31.0 Å². The first-order valence-electron chi connectivity index (χ1n) is 6.80. The summed E-state index contributed by atoms with van der Waals surface area (Å²) in [6.07, 6.45) is 4.22. The summed E-state index contributed by atoms with van der Waals surface area (Å²) < 4.78 is 0. The summed E-state index contributed by atoms with van der Waals surface area (Å²) in [5.74, 6) is 0. The number of hydrogen-bond donors (Lipinski definition) is 2. The van der Waals surface area contributed by atoms with Crippen LogP contribution in [0.3, 0.4) is 0 Å². The predicted molar refractivity (Wildman–Crippen MR) is 74.1 cm³/mol. The van der Waals surface area contributed by atoms with Crippen molar-refractivity contribution in [3.8, 4) is 0 Å². The van der Waals surface area contributed by atoms with E-state index in [1.54, 1.807) is 0 Å². The smallest absolute Gasteiger partial charge is 0.0774 e. The van der Waals surface area contributed by atoms with E-state index in [9.17, 15) is 5.11 Å². The van der Waals surface area contributed by atoms with E-state index in [2.05, 4.69) is 36.2 Å². The van der Waals surface area contributed by atoms with Crippen molar-refractivity contribution < 1.29 is 5.11 Å². The van der Waals surface area contributed by atoms with Crippen molar-refractivity contribution in [1.82, 2.24) is 4.90 Å². The third-order valence-corrected chi connectivity index (χ3v) is 3.81. The number of nitrogens with two attached hydrogens (primary N) is 1. The monoisotopic (exact) mass is 248 g/mol. The molecule has 0 amide bonds. The van der Waals surface area contributed by atoms with Crippen molar-refractivity contribution in [1.29, 1.82) is 0 Å². The molecule has 18 heavy (non-hydrogen) atoms. The van der Waals surface area contributed by atoms with Gasteiger partial charge in [0.1, 0.15) is 0 Å². The lowest BCUT2D eigenvalue weighted by Crippen LogP contribution is -2.38. The molecule has 1 aliphatic carbocycles. The average molecular weight is 248 g/mol. The molecule has 1 fully saturated rings. The first-order valence-corrected chi connectivity index (χ1v) is 6.80. The Morgan fingerprint density at radius 2 is 1.72 bits per heavy atom. The Morgan fingerprint density at radius 1 is 1.17 bits per heavy atom. The van der Waals surface area contributed by atoms with E-state index in [1.165, 1.54) is 5.56 Å². The van der Waals surface area contributed by atoms with Crippen molar-refractivity contribution in [2.24, 2.45) is 5.73 Å². The summed E-state index contributed by atoms with van der Waals surface area (Å²) in [5, 5.41) is 10.4. The first-order chi connectivity index (χ1) is 8.61. The van der Waals surface area contributed by atoms with Crippen molar-refractivity contribution in [2.75, 3.05) is 13.6 Å². The van der Waals surface area contributed by atoms with Crippen LogP contribution in [0.25, 0.3) is 0 Å². The van der Waals surface area contributed by atoms with E-state index in [4.69, 9.17) is 5.73 Å². The Balaban J connectivity index is 1.88. The molecule has 0 aliphatic heterocycles. The van der Waals surface area contributed by atoms with Gasteiger partial charge in [0.05, 0.1) is 5.60 Å². The van der Waals surface area contributed by atoms with Gasteiger partial charge in [-0.3, -0.25) is 4.90 Å². The maximum atomic E-state index is 10.4. The summed E-state index contributed by atoms with van der Waals surface area (Å²) in [7, 11) is 2.08. The molecule has 3 N–H and O–H groups in total. The molecule has 1 aromatic carbocycles. The third-order valence-electron chi connectivity index (χ3n) is 3.81. The van der Waals surface area contributed by atoms with Gasteiger partial charge in [0.25, 0.3) is 0 Å². The summed E-state index contributed by atoms with van der Waals surface area (Å²) >= 11 is 0. The van der Waals surface area contributed by atoms with Crippen LogP contribution in [0.15, 0.2) is 24.3 Å². The van der Waals surface area contributed by atoms with Crippen LogP contribution in [-0.2, 0) is 13.1 Å². The quantitative estimate of drug-likeness (QED) is 0.836. The molecule has 3 nitrogen and oxygen atoms in total. The van der Waals surface area contributed by atoms with Crippen LogP contribution in [0.1, 0.15) is 36.8 Å². The van der Waals surface area contributed by atoms with Gasteiger partial charge in [-0.1, -0.05) is 37.1 Å². The number of hydrogen-bond acceptors (Lipinski definition) is 3. The maximum absolute atomic E-state index is 10.4. The van der Waals surface area contributed by atoms with E-state index in [-0.39, 0.29) is 0 Å². The SMILES string of the molecule is CN(Cc1ccc(CN)cc1)CC1(O)CCCC1. The highest BCUT2D eigenvalue weighted by Gasteiger charge is 2.31. The van der Waals surface area contributed by atoms with E-state index < -0.39 is 5.60 Å². The van der Waals surface area contributed by atoms with Gasteiger partial charge in [0, 0.05) is 19.6 Å². The summed E-state index contributed by atoms with van der Waals surface area (Å²) in [6.45, 7) is 2.24. The highest BCUT2D eigenvalue weighted by molar-refractivity contribution is 5.22. The van der Waals surface area contributed by atoms with Crippen LogP contribution in [-0.4, -0.2) is 29.2 Å².